The molecule has 0 radical (unpaired) electrons. The smallest absolute Gasteiger partial charge is 0.243 e. The number of hydrogen-bond acceptors (Lipinski definition) is 5. The van der Waals surface area contributed by atoms with Gasteiger partial charge in [0.2, 0.25) is 10.0 Å². The van der Waals surface area contributed by atoms with E-state index in [1.54, 1.807) is 26.2 Å². The first kappa shape index (κ1) is 15.2. The molecule has 7 heteroatoms. The van der Waals surface area contributed by atoms with Crippen LogP contribution in [0, 0.1) is 0 Å². The Morgan fingerprint density at radius 3 is 2.65 bits per heavy atom. The molecule has 0 spiro atoms. The highest BCUT2D eigenvalue weighted by Crippen LogP contribution is 2.23. The highest BCUT2D eigenvalue weighted by Gasteiger charge is 2.30. The van der Waals surface area contributed by atoms with Crippen LogP contribution in [-0.4, -0.2) is 62.9 Å². The number of rotatable bonds is 4. The van der Waals surface area contributed by atoms with Gasteiger partial charge in [-0.1, -0.05) is 0 Å². The largest absolute Gasteiger partial charge is 0.373 e. The second kappa shape index (κ2) is 6.07. The van der Waals surface area contributed by atoms with Gasteiger partial charge in [-0.15, -0.1) is 0 Å². The van der Waals surface area contributed by atoms with E-state index in [-0.39, 0.29) is 6.04 Å². The van der Waals surface area contributed by atoms with Crippen LogP contribution in [0.15, 0.2) is 23.2 Å². The number of sulfonamides is 1. The maximum Gasteiger partial charge on any atom is 0.243 e. The number of piperidine rings is 1. The van der Waals surface area contributed by atoms with E-state index in [0.29, 0.717) is 10.7 Å². The Hall–Kier alpha value is -1.18. The number of anilines is 1. The topological polar surface area (TPSA) is 65.5 Å². The molecule has 0 saturated carbocycles. The highest BCUT2D eigenvalue weighted by molar-refractivity contribution is 7.89. The van der Waals surface area contributed by atoms with Gasteiger partial charge in [0, 0.05) is 32.4 Å². The van der Waals surface area contributed by atoms with Gasteiger partial charge in [0.15, 0.2) is 0 Å². The Labute approximate surface area is 120 Å². The Kier molecular flexibility index (Phi) is 4.62. The molecule has 20 heavy (non-hydrogen) atoms. The molecule has 6 nitrogen and oxygen atoms in total. The average Bonchev–Trinajstić information content (AvgIpc) is 2.47. The Balaban J connectivity index is 2.20. The first-order valence-electron chi connectivity index (χ1n) is 6.75. The molecule has 1 N–H and O–H groups in total. The van der Waals surface area contributed by atoms with Crippen LogP contribution in [0.2, 0.25) is 0 Å². The molecule has 1 aliphatic heterocycles. The molecule has 1 aliphatic rings. The minimum atomic E-state index is -3.45. The van der Waals surface area contributed by atoms with Crippen molar-refractivity contribution in [2.24, 2.45) is 0 Å². The summed E-state index contributed by atoms with van der Waals surface area (Å²) in [7, 11) is 2.00. The van der Waals surface area contributed by atoms with Crippen molar-refractivity contribution in [1.29, 1.82) is 0 Å². The number of likely N-dealkylation sites (tertiary alicyclic amines) is 1. The van der Waals surface area contributed by atoms with Gasteiger partial charge >= 0.3 is 0 Å². The maximum atomic E-state index is 12.6. The van der Waals surface area contributed by atoms with Gasteiger partial charge in [-0.05, 0) is 39.0 Å². The van der Waals surface area contributed by atoms with Gasteiger partial charge in [-0.2, -0.15) is 4.31 Å². The molecule has 2 heterocycles. The molecule has 0 bridgehead atoms. The summed E-state index contributed by atoms with van der Waals surface area (Å²) < 4.78 is 26.8. The Morgan fingerprint density at radius 2 is 2.05 bits per heavy atom. The molecular formula is C13H22N4O2S. The van der Waals surface area contributed by atoms with Crippen molar-refractivity contribution >= 4 is 15.8 Å². The lowest BCUT2D eigenvalue weighted by Gasteiger charge is -2.34. The van der Waals surface area contributed by atoms with Crippen molar-refractivity contribution in [3.05, 3.63) is 18.3 Å². The third-order valence-electron chi connectivity index (χ3n) is 3.87. The number of hydrogen-bond donors (Lipinski definition) is 1. The zero-order valence-electron chi connectivity index (χ0n) is 12.2. The lowest BCUT2D eigenvalue weighted by atomic mass is 10.1. The molecule has 2 rings (SSSR count). The van der Waals surface area contributed by atoms with Crippen molar-refractivity contribution in [3.63, 3.8) is 0 Å². The van der Waals surface area contributed by atoms with E-state index in [9.17, 15) is 8.42 Å². The molecule has 0 atom stereocenters. The van der Waals surface area contributed by atoms with Crippen molar-refractivity contribution in [2.45, 2.75) is 23.8 Å². The SMILES string of the molecule is CNc1cc(S(=O)(=O)N(C)C2CCN(C)CC2)ccn1. The van der Waals surface area contributed by atoms with Crippen molar-refractivity contribution in [1.82, 2.24) is 14.2 Å². The summed E-state index contributed by atoms with van der Waals surface area (Å²) in [4.78, 5) is 6.57. The molecule has 0 unspecified atom stereocenters. The molecule has 0 amide bonds. The fourth-order valence-electron chi connectivity index (χ4n) is 2.43. The average molecular weight is 298 g/mol. The van der Waals surface area contributed by atoms with E-state index in [1.807, 2.05) is 0 Å². The van der Waals surface area contributed by atoms with Crippen LogP contribution >= 0.6 is 0 Å². The van der Waals surface area contributed by atoms with Gasteiger partial charge in [0.05, 0.1) is 4.90 Å². The van der Waals surface area contributed by atoms with E-state index in [2.05, 4.69) is 22.2 Å². The van der Waals surface area contributed by atoms with Crippen LogP contribution in [0.5, 0.6) is 0 Å². The molecule has 1 aromatic heterocycles. The maximum absolute atomic E-state index is 12.6. The molecule has 0 aliphatic carbocycles. The quantitative estimate of drug-likeness (QED) is 0.892. The van der Waals surface area contributed by atoms with E-state index in [4.69, 9.17) is 0 Å². The van der Waals surface area contributed by atoms with E-state index >= 15 is 0 Å². The summed E-state index contributed by atoms with van der Waals surface area (Å²) in [5.41, 5.74) is 0. The van der Waals surface area contributed by atoms with E-state index in [0.717, 1.165) is 25.9 Å². The summed E-state index contributed by atoms with van der Waals surface area (Å²) in [6, 6.07) is 3.19. The van der Waals surface area contributed by atoms with Crippen molar-refractivity contribution < 1.29 is 8.42 Å². The van der Waals surface area contributed by atoms with Gasteiger partial charge in [0.1, 0.15) is 5.82 Å². The zero-order valence-corrected chi connectivity index (χ0v) is 13.0. The summed E-state index contributed by atoms with van der Waals surface area (Å²) in [5.74, 6) is 0.558. The fourth-order valence-corrected chi connectivity index (χ4v) is 3.86. The molecule has 112 valence electrons. The van der Waals surface area contributed by atoms with E-state index in [1.165, 1.54) is 10.5 Å². The number of pyridine rings is 1. The lowest BCUT2D eigenvalue weighted by molar-refractivity contribution is 0.197. The summed E-state index contributed by atoms with van der Waals surface area (Å²) in [6.07, 6.45) is 3.26. The van der Waals surface area contributed by atoms with E-state index < -0.39 is 10.0 Å². The first-order valence-corrected chi connectivity index (χ1v) is 8.19. The van der Waals surface area contributed by atoms with Gasteiger partial charge in [-0.25, -0.2) is 13.4 Å². The molecule has 0 aromatic carbocycles. The monoisotopic (exact) mass is 298 g/mol. The lowest BCUT2D eigenvalue weighted by Crippen LogP contribution is -2.44. The standard InChI is InChI=1S/C13H22N4O2S/c1-14-13-10-12(4-7-15-13)20(18,19)17(3)11-5-8-16(2)9-6-11/h4,7,10-11H,5-6,8-9H2,1-3H3,(H,14,15). The Morgan fingerprint density at radius 1 is 1.40 bits per heavy atom. The third kappa shape index (κ3) is 3.11. The van der Waals surface area contributed by atoms with Crippen LogP contribution in [0.3, 0.4) is 0 Å². The highest BCUT2D eigenvalue weighted by atomic mass is 32.2. The van der Waals surface area contributed by atoms with Crippen molar-refractivity contribution in [2.75, 3.05) is 39.5 Å². The minimum Gasteiger partial charge on any atom is -0.373 e. The third-order valence-corrected chi connectivity index (χ3v) is 5.77. The second-order valence-electron chi connectivity index (χ2n) is 5.18. The first-order chi connectivity index (χ1) is 9.45. The number of nitrogens with one attached hydrogen (secondary N) is 1. The van der Waals surface area contributed by atoms with Gasteiger partial charge in [0.25, 0.3) is 0 Å². The fraction of sp³-hybridized carbons (Fsp3) is 0.615. The Bertz CT molecular complexity index is 553. The van der Waals surface area contributed by atoms with Crippen LogP contribution in [0.25, 0.3) is 0 Å². The number of aromatic nitrogens is 1. The van der Waals surface area contributed by atoms with Gasteiger partial charge < -0.3 is 10.2 Å². The zero-order chi connectivity index (χ0) is 14.8. The molecule has 1 aromatic rings. The molecule has 1 fully saturated rings. The minimum absolute atomic E-state index is 0.0717. The number of nitrogens with zero attached hydrogens (tertiary/aromatic N) is 3. The normalized spacial score (nSPS) is 18.4. The second-order valence-corrected chi connectivity index (χ2v) is 7.18. The molecule has 1 saturated heterocycles. The summed E-state index contributed by atoms with van der Waals surface area (Å²) in [5, 5.41) is 2.86. The van der Waals surface area contributed by atoms with Crippen molar-refractivity contribution in [3.8, 4) is 0 Å². The van der Waals surface area contributed by atoms with Crippen LogP contribution in [0.1, 0.15) is 12.8 Å². The summed E-state index contributed by atoms with van der Waals surface area (Å²) >= 11 is 0. The summed E-state index contributed by atoms with van der Waals surface area (Å²) in [6.45, 7) is 1.87. The van der Waals surface area contributed by atoms with Gasteiger partial charge in [-0.3, -0.25) is 0 Å². The van der Waals surface area contributed by atoms with Crippen LogP contribution in [0.4, 0.5) is 5.82 Å². The van der Waals surface area contributed by atoms with Crippen LogP contribution < -0.4 is 5.32 Å². The molecular weight excluding hydrogens is 276 g/mol. The predicted octanol–water partition coefficient (Wildman–Crippen LogP) is 0.838. The van der Waals surface area contributed by atoms with Crippen LogP contribution in [-0.2, 0) is 10.0 Å². The predicted molar refractivity (Wildman–Crippen MR) is 79.3 cm³/mol.